The highest BCUT2D eigenvalue weighted by Crippen LogP contribution is 2.01. The molecule has 6 heteroatoms. The van der Waals surface area contributed by atoms with Gasteiger partial charge in [0, 0.05) is 18.2 Å². The number of aryl methyl sites for hydroxylation is 1. The molecular weight excluding hydrogens is 146 g/mol. The number of rotatable bonds is 1. The highest BCUT2D eigenvalue weighted by molar-refractivity contribution is 5.22. The van der Waals surface area contributed by atoms with E-state index in [2.05, 4.69) is 15.0 Å². The van der Waals surface area contributed by atoms with E-state index in [0.717, 1.165) is 0 Å². The topological polar surface area (TPSA) is 83.7 Å². The van der Waals surface area contributed by atoms with Crippen LogP contribution in [-0.2, 0) is 7.05 Å². The molecule has 0 spiro atoms. The van der Waals surface area contributed by atoms with E-state index in [-0.39, 0.29) is 5.82 Å². The fourth-order valence-electron chi connectivity index (χ4n) is 0.558. The zero-order chi connectivity index (χ0) is 8.27. The van der Waals surface area contributed by atoms with Crippen molar-refractivity contribution in [3.63, 3.8) is 0 Å². The molecule has 0 bridgehead atoms. The molecule has 0 amide bonds. The summed E-state index contributed by atoms with van der Waals surface area (Å²) in [4.78, 5) is 16.7. The summed E-state index contributed by atoms with van der Waals surface area (Å²) in [6.45, 7) is 0. The molecule has 1 aromatic heterocycles. The SMILES string of the molecule is Cn1ccc(N=[N+]=[N-])nc1=O. The lowest BCUT2D eigenvalue weighted by molar-refractivity contribution is 0.810. The molecule has 0 aliphatic rings. The lowest BCUT2D eigenvalue weighted by Gasteiger charge is -1.92. The van der Waals surface area contributed by atoms with Crippen LogP contribution in [0.2, 0.25) is 0 Å². The number of aromatic nitrogens is 2. The molecule has 1 aromatic rings. The second-order valence-electron chi connectivity index (χ2n) is 1.87. The van der Waals surface area contributed by atoms with Crippen LogP contribution in [0.4, 0.5) is 5.82 Å². The van der Waals surface area contributed by atoms with Gasteiger partial charge in [0.2, 0.25) is 0 Å². The van der Waals surface area contributed by atoms with Crippen molar-refractivity contribution in [3.05, 3.63) is 33.2 Å². The average molecular weight is 151 g/mol. The first-order valence-electron chi connectivity index (χ1n) is 2.83. The molecular formula is C5H5N5O. The summed E-state index contributed by atoms with van der Waals surface area (Å²) in [6.07, 6.45) is 1.49. The molecule has 6 nitrogen and oxygen atoms in total. The van der Waals surface area contributed by atoms with E-state index in [4.69, 9.17) is 5.53 Å². The van der Waals surface area contributed by atoms with Crippen molar-refractivity contribution in [2.75, 3.05) is 0 Å². The lowest BCUT2D eigenvalue weighted by Crippen LogP contribution is -2.17. The fourth-order valence-corrected chi connectivity index (χ4v) is 0.558. The van der Waals surface area contributed by atoms with E-state index in [9.17, 15) is 4.79 Å². The molecule has 1 heterocycles. The molecule has 0 aromatic carbocycles. The van der Waals surface area contributed by atoms with Gasteiger partial charge in [-0.3, -0.25) is 0 Å². The molecule has 1 rings (SSSR count). The normalized spacial score (nSPS) is 8.82. The van der Waals surface area contributed by atoms with Gasteiger partial charge < -0.3 is 4.57 Å². The molecule has 0 saturated heterocycles. The van der Waals surface area contributed by atoms with Gasteiger partial charge in [-0.2, -0.15) is 4.98 Å². The zero-order valence-corrected chi connectivity index (χ0v) is 5.80. The zero-order valence-electron chi connectivity index (χ0n) is 5.80. The second-order valence-corrected chi connectivity index (χ2v) is 1.87. The maximum atomic E-state index is 10.8. The Bertz CT molecular complexity index is 361. The van der Waals surface area contributed by atoms with Crippen molar-refractivity contribution < 1.29 is 0 Å². The lowest BCUT2D eigenvalue weighted by atomic mass is 10.6. The third kappa shape index (κ3) is 1.56. The van der Waals surface area contributed by atoms with E-state index in [1.807, 2.05) is 0 Å². The molecule has 0 saturated carbocycles. The molecule has 11 heavy (non-hydrogen) atoms. The second kappa shape index (κ2) is 2.85. The molecule has 0 unspecified atom stereocenters. The Balaban J connectivity index is 3.26. The van der Waals surface area contributed by atoms with Gasteiger partial charge in [0.25, 0.3) is 0 Å². The van der Waals surface area contributed by atoms with Gasteiger partial charge in [0.1, 0.15) is 5.82 Å². The number of azide groups is 1. The third-order valence-corrected chi connectivity index (χ3v) is 1.11. The maximum absolute atomic E-state index is 10.8. The van der Waals surface area contributed by atoms with Crippen molar-refractivity contribution in [1.82, 2.24) is 9.55 Å². The van der Waals surface area contributed by atoms with Gasteiger partial charge in [0.05, 0.1) is 0 Å². The van der Waals surface area contributed by atoms with Crippen LogP contribution in [0, 0.1) is 0 Å². The van der Waals surface area contributed by atoms with Crippen LogP contribution < -0.4 is 5.69 Å². The van der Waals surface area contributed by atoms with Crippen molar-refractivity contribution in [2.45, 2.75) is 0 Å². The summed E-state index contributed by atoms with van der Waals surface area (Å²) in [7, 11) is 1.56. The monoisotopic (exact) mass is 151 g/mol. The first-order valence-corrected chi connectivity index (χ1v) is 2.83. The number of hydrogen-bond donors (Lipinski definition) is 0. The van der Waals surface area contributed by atoms with Crippen LogP contribution >= 0.6 is 0 Å². The predicted octanol–water partition coefficient (Wildman–Crippen LogP) is 0.722. The minimum atomic E-state index is -0.435. The van der Waals surface area contributed by atoms with E-state index in [1.165, 1.54) is 16.8 Å². The maximum Gasteiger partial charge on any atom is 0.347 e. The van der Waals surface area contributed by atoms with Crippen molar-refractivity contribution >= 4 is 5.82 Å². The smallest absolute Gasteiger partial charge is 0.302 e. The summed E-state index contributed by atoms with van der Waals surface area (Å²) in [5, 5.41) is 3.16. The van der Waals surface area contributed by atoms with Crippen LogP contribution in [-0.4, -0.2) is 9.55 Å². The van der Waals surface area contributed by atoms with Gasteiger partial charge in [-0.25, -0.2) is 4.79 Å². The largest absolute Gasteiger partial charge is 0.347 e. The van der Waals surface area contributed by atoms with E-state index in [0.29, 0.717) is 0 Å². The highest BCUT2D eigenvalue weighted by Gasteiger charge is 1.91. The summed E-state index contributed by atoms with van der Waals surface area (Å²) >= 11 is 0. The minimum Gasteiger partial charge on any atom is -0.302 e. The van der Waals surface area contributed by atoms with Gasteiger partial charge in [-0.05, 0) is 16.7 Å². The van der Waals surface area contributed by atoms with Crippen LogP contribution in [0.1, 0.15) is 0 Å². The number of nitrogens with zero attached hydrogens (tertiary/aromatic N) is 5. The van der Waals surface area contributed by atoms with Crippen LogP contribution in [0.3, 0.4) is 0 Å². The molecule has 0 fully saturated rings. The van der Waals surface area contributed by atoms with Crippen molar-refractivity contribution in [1.29, 1.82) is 0 Å². The highest BCUT2D eigenvalue weighted by atomic mass is 16.1. The average Bonchev–Trinajstić information content (AvgIpc) is 1.98. The molecule has 0 radical (unpaired) electrons. The Morgan fingerprint density at radius 3 is 3.09 bits per heavy atom. The van der Waals surface area contributed by atoms with E-state index in [1.54, 1.807) is 7.05 Å². The minimum absolute atomic E-state index is 0.0931. The summed E-state index contributed by atoms with van der Waals surface area (Å²) in [5.41, 5.74) is 7.55. The molecule has 0 aliphatic carbocycles. The van der Waals surface area contributed by atoms with Crippen LogP contribution in [0.5, 0.6) is 0 Å². The Morgan fingerprint density at radius 1 is 1.82 bits per heavy atom. The third-order valence-electron chi connectivity index (χ3n) is 1.11. The first kappa shape index (κ1) is 7.30. The van der Waals surface area contributed by atoms with E-state index >= 15 is 0 Å². The summed E-state index contributed by atoms with van der Waals surface area (Å²) in [5.74, 6) is 0.0931. The molecule has 0 aliphatic heterocycles. The fraction of sp³-hybridized carbons (Fsp3) is 0.200. The molecule has 0 atom stereocenters. The van der Waals surface area contributed by atoms with E-state index < -0.39 is 5.69 Å². The Morgan fingerprint density at radius 2 is 2.55 bits per heavy atom. The summed E-state index contributed by atoms with van der Waals surface area (Å²) < 4.78 is 1.29. The first-order chi connectivity index (χ1) is 5.24. The standard InChI is InChI=1S/C5H5N5O/c1-10-3-2-4(8-9-6)7-5(10)11/h2-3H,1H3. The quantitative estimate of drug-likeness (QED) is 0.336. The Labute approximate surface area is 61.7 Å². The van der Waals surface area contributed by atoms with Gasteiger partial charge in [-0.1, -0.05) is 0 Å². The predicted molar refractivity (Wildman–Crippen MR) is 38.3 cm³/mol. The van der Waals surface area contributed by atoms with Gasteiger partial charge in [-0.15, -0.1) is 0 Å². The summed E-state index contributed by atoms with van der Waals surface area (Å²) in [6, 6.07) is 1.46. The molecule has 0 N–H and O–H groups in total. The Hall–Kier alpha value is -1.81. The van der Waals surface area contributed by atoms with Gasteiger partial charge in [0.15, 0.2) is 0 Å². The van der Waals surface area contributed by atoms with Crippen LogP contribution in [0.25, 0.3) is 10.4 Å². The molecule has 56 valence electrons. The van der Waals surface area contributed by atoms with Crippen LogP contribution in [0.15, 0.2) is 22.2 Å². The van der Waals surface area contributed by atoms with Crippen molar-refractivity contribution in [3.8, 4) is 0 Å². The van der Waals surface area contributed by atoms with Crippen molar-refractivity contribution in [2.24, 2.45) is 12.2 Å². The van der Waals surface area contributed by atoms with Gasteiger partial charge >= 0.3 is 5.69 Å². The number of hydrogen-bond acceptors (Lipinski definition) is 3. The Kier molecular flexibility index (Phi) is 1.89.